The zero-order valence-electron chi connectivity index (χ0n) is 13.8. The fourth-order valence-corrected chi connectivity index (χ4v) is 2.61. The molecular formula is C19H15FN2O4. The van der Waals surface area contributed by atoms with Gasteiger partial charge in [0, 0.05) is 6.42 Å². The first-order valence-corrected chi connectivity index (χ1v) is 7.76. The summed E-state index contributed by atoms with van der Waals surface area (Å²) in [6, 6.07) is 10.5. The van der Waals surface area contributed by atoms with Gasteiger partial charge >= 0.3 is 6.03 Å². The number of hydrogen-bond donors (Lipinski definition) is 2. The van der Waals surface area contributed by atoms with Crippen molar-refractivity contribution in [3.05, 3.63) is 70.5 Å². The Kier molecular flexibility index (Phi) is 4.79. The van der Waals surface area contributed by atoms with E-state index in [9.17, 15) is 18.8 Å². The van der Waals surface area contributed by atoms with Crippen LogP contribution in [0.15, 0.2) is 48.0 Å². The second-order valence-corrected chi connectivity index (χ2v) is 5.63. The van der Waals surface area contributed by atoms with Gasteiger partial charge in [-0.25, -0.2) is 9.18 Å². The van der Waals surface area contributed by atoms with E-state index in [1.54, 1.807) is 36.4 Å². The Morgan fingerprint density at radius 1 is 1.00 bits per heavy atom. The largest absolute Gasteiger partial charge is 0.497 e. The highest BCUT2D eigenvalue weighted by molar-refractivity contribution is 6.31. The van der Waals surface area contributed by atoms with Gasteiger partial charge in [0.1, 0.15) is 17.1 Å². The average Bonchev–Trinajstić information content (AvgIpc) is 2.61. The fraction of sp³-hybridized carbons (Fsp3) is 0.105. The number of nitrogens with one attached hydrogen (secondary N) is 2. The molecule has 132 valence electrons. The van der Waals surface area contributed by atoms with E-state index in [-0.39, 0.29) is 17.8 Å². The van der Waals surface area contributed by atoms with E-state index in [2.05, 4.69) is 0 Å². The number of urea groups is 1. The third kappa shape index (κ3) is 3.61. The van der Waals surface area contributed by atoms with E-state index in [4.69, 9.17) is 4.74 Å². The number of methoxy groups -OCH3 is 1. The number of amides is 4. The third-order valence-electron chi connectivity index (χ3n) is 3.93. The molecule has 0 radical (unpaired) electrons. The minimum Gasteiger partial charge on any atom is -0.497 e. The van der Waals surface area contributed by atoms with Crippen LogP contribution in [0, 0.1) is 5.82 Å². The molecule has 1 aliphatic rings. The lowest BCUT2D eigenvalue weighted by Gasteiger charge is -2.15. The van der Waals surface area contributed by atoms with Crippen molar-refractivity contribution >= 4 is 23.9 Å². The lowest BCUT2D eigenvalue weighted by molar-refractivity contribution is -0.123. The van der Waals surface area contributed by atoms with Crippen LogP contribution in [0.1, 0.15) is 16.7 Å². The number of benzene rings is 2. The molecule has 0 spiro atoms. The molecule has 2 aromatic rings. The van der Waals surface area contributed by atoms with Crippen LogP contribution in [0.2, 0.25) is 0 Å². The van der Waals surface area contributed by atoms with Crippen LogP contribution in [-0.2, 0) is 16.0 Å². The lowest BCUT2D eigenvalue weighted by atomic mass is 9.97. The summed E-state index contributed by atoms with van der Waals surface area (Å²) in [5.74, 6) is -1.36. The van der Waals surface area contributed by atoms with Crippen molar-refractivity contribution in [1.29, 1.82) is 0 Å². The number of hydrogen-bond acceptors (Lipinski definition) is 4. The number of imide groups is 2. The molecule has 1 fully saturated rings. The molecule has 1 saturated heterocycles. The summed E-state index contributed by atoms with van der Waals surface area (Å²) < 4.78 is 19.2. The molecule has 2 aromatic carbocycles. The first-order valence-electron chi connectivity index (χ1n) is 7.76. The van der Waals surface area contributed by atoms with Crippen molar-refractivity contribution in [3.8, 4) is 5.75 Å². The highest BCUT2D eigenvalue weighted by atomic mass is 19.1. The summed E-state index contributed by atoms with van der Waals surface area (Å²) in [6.07, 6.45) is 1.61. The normalized spacial score (nSPS) is 13.9. The second kappa shape index (κ2) is 7.18. The Morgan fingerprint density at radius 2 is 1.69 bits per heavy atom. The van der Waals surface area contributed by atoms with Crippen molar-refractivity contribution in [2.75, 3.05) is 7.11 Å². The van der Waals surface area contributed by atoms with Gasteiger partial charge < -0.3 is 4.74 Å². The van der Waals surface area contributed by atoms with Gasteiger partial charge in [-0.15, -0.1) is 0 Å². The van der Waals surface area contributed by atoms with Gasteiger partial charge in [0.25, 0.3) is 11.8 Å². The quantitative estimate of drug-likeness (QED) is 0.651. The molecule has 26 heavy (non-hydrogen) atoms. The molecule has 6 nitrogen and oxygen atoms in total. The van der Waals surface area contributed by atoms with E-state index in [1.807, 2.05) is 10.6 Å². The molecule has 0 bridgehead atoms. The first kappa shape index (κ1) is 17.3. The maximum atomic E-state index is 14.0. The Morgan fingerprint density at radius 3 is 2.35 bits per heavy atom. The maximum absolute atomic E-state index is 14.0. The lowest BCUT2D eigenvalue weighted by Crippen LogP contribution is -2.51. The zero-order valence-corrected chi connectivity index (χ0v) is 13.8. The van der Waals surface area contributed by atoms with Crippen LogP contribution < -0.4 is 15.4 Å². The van der Waals surface area contributed by atoms with Crippen molar-refractivity contribution in [1.82, 2.24) is 10.6 Å². The number of rotatable bonds is 4. The van der Waals surface area contributed by atoms with Gasteiger partial charge in [-0.1, -0.05) is 24.3 Å². The highest BCUT2D eigenvalue weighted by Gasteiger charge is 2.28. The number of carbonyl (C=O) groups is 3. The van der Waals surface area contributed by atoms with Gasteiger partial charge in [-0.05, 0) is 41.0 Å². The van der Waals surface area contributed by atoms with Gasteiger partial charge in [-0.2, -0.15) is 0 Å². The van der Waals surface area contributed by atoms with Crippen LogP contribution in [0.5, 0.6) is 5.75 Å². The van der Waals surface area contributed by atoms with Crippen LogP contribution in [0.25, 0.3) is 6.08 Å². The molecule has 2 N–H and O–H groups in total. The fourth-order valence-electron chi connectivity index (χ4n) is 2.61. The average molecular weight is 354 g/mol. The molecule has 0 aliphatic carbocycles. The Labute approximate surface area is 148 Å². The monoisotopic (exact) mass is 354 g/mol. The molecule has 0 saturated carbocycles. The predicted octanol–water partition coefficient (Wildman–Crippen LogP) is 2.17. The van der Waals surface area contributed by atoms with E-state index in [1.165, 1.54) is 19.3 Å². The Hall–Kier alpha value is -3.48. The van der Waals surface area contributed by atoms with Crippen LogP contribution in [-0.4, -0.2) is 25.0 Å². The summed E-state index contributed by atoms with van der Waals surface area (Å²) in [6.45, 7) is 0. The Balaban J connectivity index is 2.03. The van der Waals surface area contributed by atoms with Gasteiger partial charge in [-0.3, -0.25) is 20.2 Å². The van der Waals surface area contributed by atoms with Gasteiger partial charge in [0.15, 0.2) is 0 Å². The van der Waals surface area contributed by atoms with Crippen LogP contribution in [0.4, 0.5) is 9.18 Å². The Bertz CT molecular complexity index is 915. The maximum Gasteiger partial charge on any atom is 0.328 e. The van der Waals surface area contributed by atoms with Gasteiger partial charge in [0.05, 0.1) is 7.11 Å². The van der Waals surface area contributed by atoms with Crippen molar-refractivity contribution in [2.45, 2.75) is 6.42 Å². The molecule has 7 heteroatoms. The molecule has 4 amide bonds. The number of ether oxygens (including phenoxy) is 1. The standard InChI is InChI=1S/C19H15FN2O4/c1-26-14-7-6-11(10-15-17(23)21-19(25)22-18(15)24)13(9-14)8-12-4-2-3-5-16(12)20/h2-7,9-10H,8H2,1H3,(H2,21,22,23,24,25). The van der Waals surface area contributed by atoms with E-state index < -0.39 is 17.8 Å². The zero-order chi connectivity index (χ0) is 18.7. The van der Waals surface area contributed by atoms with Crippen molar-refractivity contribution < 1.29 is 23.5 Å². The topological polar surface area (TPSA) is 84.5 Å². The van der Waals surface area contributed by atoms with Crippen LogP contribution >= 0.6 is 0 Å². The third-order valence-corrected chi connectivity index (χ3v) is 3.93. The molecule has 0 aromatic heterocycles. The highest BCUT2D eigenvalue weighted by Crippen LogP contribution is 2.24. The predicted molar refractivity (Wildman–Crippen MR) is 91.9 cm³/mol. The molecule has 0 unspecified atom stereocenters. The minimum absolute atomic E-state index is 0.204. The number of barbiturate groups is 1. The smallest absolute Gasteiger partial charge is 0.328 e. The minimum atomic E-state index is -0.863. The van der Waals surface area contributed by atoms with Crippen molar-refractivity contribution in [3.63, 3.8) is 0 Å². The number of halogens is 1. The summed E-state index contributed by atoms with van der Waals surface area (Å²) in [5, 5.41) is 4.04. The molecule has 1 aliphatic heterocycles. The summed E-state index contributed by atoms with van der Waals surface area (Å²) in [7, 11) is 1.51. The molecule has 1 heterocycles. The van der Waals surface area contributed by atoms with E-state index >= 15 is 0 Å². The van der Waals surface area contributed by atoms with E-state index in [0.717, 1.165) is 0 Å². The first-order chi connectivity index (χ1) is 12.5. The SMILES string of the molecule is COc1ccc(C=C2C(=O)NC(=O)NC2=O)c(Cc2ccccc2F)c1. The summed E-state index contributed by atoms with van der Waals surface area (Å²) >= 11 is 0. The summed E-state index contributed by atoms with van der Waals surface area (Å²) in [5.41, 5.74) is 1.47. The molecular weight excluding hydrogens is 339 g/mol. The van der Waals surface area contributed by atoms with Gasteiger partial charge in [0.2, 0.25) is 0 Å². The number of carbonyl (C=O) groups excluding carboxylic acids is 3. The molecule has 0 atom stereocenters. The van der Waals surface area contributed by atoms with Crippen LogP contribution in [0.3, 0.4) is 0 Å². The second-order valence-electron chi connectivity index (χ2n) is 5.63. The van der Waals surface area contributed by atoms with E-state index in [0.29, 0.717) is 22.4 Å². The molecule has 3 rings (SSSR count). The summed E-state index contributed by atoms with van der Waals surface area (Å²) in [4.78, 5) is 35.0. The van der Waals surface area contributed by atoms with Crippen molar-refractivity contribution in [2.24, 2.45) is 0 Å².